The van der Waals surface area contributed by atoms with E-state index < -0.39 is 23.2 Å². The van der Waals surface area contributed by atoms with Gasteiger partial charge in [-0.3, -0.25) is 9.59 Å². The third-order valence-electron chi connectivity index (χ3n) is 6.11. The fraction of sp³-hybridized carbons (Fsp3) is 0.375. The third kappa shape index (κ3) is 4.49. The van der Waals surface area contributed by atoms with E-state index in [-0.39, 0.29) is 18.6 Å². The first-order valence-electron chi connectivity index (χ1n) is 10.7. The highest BCUT2D eigenvalue weighted by Gasteiger charge is 2.27. The van der Waals surface area contributed by atoms with E-state index in [0.29, 0.717) is 59.9 Å². The number of fused-ring (bicyclic) bond motifs is 1. The Morgan fingerprint density at radius 2 is 1.94 bits per heavy atom. The van der Waals surface area contributed by atoms with E-state index in [1.807, 2.05) is 6.92 Å². The Labute approximate surface area is 183 Å². The van der Waals surface area contributed by atoms with Crippen LogP contribution in [0.2, 0.25) is 0 Å². The fourth-order valence-corrected chi connectivity index (χ4v) is 4.33. The van der Waals surface area contributed by atoms with Gasteiger partial charge in [-0.15, -0.1) is 0 Å². The van der Waals surface area contributed by atoms with Crippen LogP contribution in [0.15, 0.2) is 41.5 Å². The van der Waals surface area contributed by atoms with Crippen molar-refractivity contribution in [3.63, 3.8) is 0 Å². The number of nitrogens with zero attached hydrogens (tertiary/aromatic N) is 2. The Kier molecular flexibility index (Phi) is 6.21. The van der Waals surface area contributed by atoms with Gasteiger partial charge in [0.05, 0.1) is 35.8 Å². The number of rotatable bonds is 6. The third-order valence-corrected chi connectivity index (χ3v) is 6.11. The predicted octanol–water partition coefficient (Wildman–Crippen LogP) is 4.31. The van der Waals surface area contributed by atoms with Crippen molar-refractivity contribution in [2.24, 2.45) is 5.92 Å². The molecule has 0 aliphatic heterocycles. The second-order valence-electron chi connectivity index (χ2n) is 8.17. The van der Waals surface area contributed by atoms with Gasteiger partial charge in [0.15, 0.2) is 0 Å². The Bertz CT molecular complexity index is 1220. The van der Waals surface area contributed by atoms with Gasteiger partial charge < -0.3 is 14.4 Å². The molecule has 3 aromatic rings. The monoisotopic (exact) mass is 442 g/mol. The molecule has 0 atom stereocenters. The first-order chi connectivity index (χ1) is 15.4. The Balaban J connectivity index is 1.60. The lowest BCUT2D eigenvalue weighted by Gasteiger charge is -2.26. The number of carbonyl (C=O) groups is 1. The van der Waals surface area contributed by atoms with Crippen molar-refractivity contribution in [1.82, 2.24) is 9.55 Å². The van der Waals surface area contributed by atoms with Gasteiger partial charge >= 0.3 is 5.97 Å². The van der Waals surface area contributed by atoms with Gasteiger partial charge in [0, 0.05) is 11.6 Å². The summed E-state index contributed by atoms with van der Waals surface area (Å²) in [6.45, 7) is 1.94. The summed E-state index contributed by atoms with van der Waals surface area (Å²) in [7, 11) is 0. The van der Waals surface area contributed by atoms with Gasteiger partial charge in [-0.05, 0) is 61.9 Å². The first kappa shape index (κ1) is 21.9. The molecule has 0 spiro atoms. The maximum Gasteiger partial charge on any atom is 0.306 e. The summed E-state index contributed by atoms with van der Waals surface area (Å²) >= 11 is 0. The predicted molar refractivity (Wildman–Crippen MR) is 115 cm³/mol. The molecule has 0 saturated heterocycles. The molecule has 6 nitrogen and oxygen atoms in total. The van der Waals surface area contributed by atoms with Gasteiger partial charge in [0.1, 0.15) is 17.4 Å². The summed E-state index contributed by atoms with van der Waals surface area (Å²) in [6, 6.07) is 7.26. The molecule has 0 unspecified atom stereocenters. The topological polar surface area (TPSA) is 81.4 Å². The van der Waals surface area contributed by atoms with Crippen molar-refractivity contribution in [1.29, 1.82) is 0 Å². The molecule has 0 amide bonds. The molecule has 1 aliphatic rings. The number of halogens is 2. The largest absolute Gasteiger partial charge is 0.490 e. The zero-order chi connectivity index (χ0) is 22.8. The molecule has 1 saturated carbocycles. The number of aliphatic carboxylic acids is 1. The van der Waals surface area contributed by atoms with Crippen LogP contribution >= 0.6 is 0 Å². The van der Waals surface area contributed by atoms with E-state index >= 15 is 0 Å². The van der Waals surface area contributed by atoms with Crippen LogP contribution in [0.3, 0.4) is 0 Å². The lowest BCUT2D eigenvalue weighted by molar-refractivity contribution is -0.143. The van der Waals surface area contributed by atoms with Crippen LogP contribution in [0.25, 0.3) is 10.9 Å². The Hall–Kier alpha value is -3.29. The van der Waals surface area contributed by atoms with E-state index in [0.717, 1.165) is 6.07 Å². The molecular formula is C24H24F2N2O4. The summed E-state index contributed by atoms with van der Waals surface area (Å²) in [6.07, 6.45) is 4.11. The average Bonchev–Trinajstić information content (AvgIpc) is 2.77. The van der Waals surface area contributed by atoms with Crippen LogP contribution in [-0.2, 0) is 17.8 Å². The number of ether oxygens (including phenoxy) is 1. The minimum atomic E-state index is -0.774. The lowest BCUT2D eigenvalue weighted by atomic mass is 9.87. The highest BCUT2D eigenvalue weighted by atomic mass is 19.1. The minimum Gasteiger partial charge on any atom is -0.490 e. The maximum absolute atomic E-state index is 14.5. The molecule has 1 N–H and O–H groups in total. The molecule has 1 aliphatic carbocycles. The van der Waals surface area contributed by atoms with E-state index in [4.69, 9.17) is 9.84 Å². The van der Waals surface area contributed by atoms with Crippen molar-refractivity contribution in [2.45, 2.75) is 51.7 Å². The minimum absolute atomic E-state index is 0.109. The number of carboxylic acid groups (broad SMARTS) is 1. The Morgan fingerprint density at radius 1 is 1.19 bits per heavy atom. The van der Waals surface area contributed by atoms with Crippen LogP contribution in [0, 0.1) is 17.6 Å². The summed E-state index contributed by atoms with van der Waals surface area (Å²) in [4.78, 5) is 27.4. The van der Waals surface area contributed by atoms with Crippen molar-refractivity contribution in [3.8, 4) is 5.75 Å². The molecule has 1 heterocycles. The molecule has 8 heteroatoms. The highest BCUT2D eigenvalue weighted by molar-refractivity contribution is 5.79. The van der Waals surface area contributed by atoms with Crippen LogP contribution in [0.4, 0.5) is 8.78 Å². The van der Waals surface area contributed by atoms with Crippen molar-refractivity contribution < 1.29 is 23.4 Å². The fourth-order valence-electron chi connectivity index (χ4n) is 4.33. The summed E-state index contributed by atoms with van der Waals surface area (Å²) < 4.78 is 35.7. The molecule has 4 rings (SSSR count). The van der Waals surface area contributed by atoms with Crippen molar-refractivity contribution in [3.05, 3.63) is 69.8 Å². The Morgan fingerprint density at radius 3 is 2.62 bits per heavy atom. The SMILES string of the molecule is CCc1cc(F)cc(F)c1Cn1cnc(=O)c2cc(OC3CCC(C(=O)O)CC3)ccc21. The van der Waals surface area contributed by atoms with Crippen molar-refractivity contribution in [2.75, 3.05) is 0 Å². The lowest BCUT2D eigenvalue weighted by Crippen LogP contribution is -2.27. The molecule has 32 heavy (non-hydrogen) atoms. The molecule has 0 radical (unpaired) electrons. The molecule has 1 aromatic heterocycles. The van der Waals surface area contributed by atoms with Gasteiger partial charge in [-0.2, -0.15) is 4.98 Å². The highest BCUT2D eigenvalue weighted by Crippen LogP contribution is 2.29. The summed E-state index contributed by atoms with van der Waals surface area (Å²) in [5.74, 6) is -1.85. The smallest absolute Gasteiger partial charge is 0.306 e. The van der Waals surface area contributed by atoms with E-state index in [9.17, 15) is 18.4 Å². The van der Waals surface area contributed by atoms with Crippen LogP contribution in [-0.4, -0.2) is 26.7 Å². The zero-order valence-electron chi connectivity index (χ0n) is 17.7. The van der Waals surface area contributed by atoms with E-state index in [1.165, 1.54) is 12.4 Å². The molecular weight excluding hydrogens is 418 g/mol. The second kappa shape index (κ2) is 9.06. The van der Waals surface area contributed by atoms with Gasteiger partial charge in [0.25, 0.3) is 5.56 Å². The van der Waals surface area contributed by atoms with Crippen LogP contribution in [0.1, 0.15) is 43.7 Å². The maximum atomic E-state index is 14.5. The number of aromatic nitrogens is 2. The van der Waals surface area contributed by atoms with Gasteiger partial charge in [-0.25, -0.2) is 8.78 Å². The standard InChI is InChI=1S/C24H24F2N2O4/c1-2-14-9-16(25)10-21(26)20(14)12-28-13-27-23(29)19-11-18(7-8-22(19)28)32-17-5-3-15(4-6-17)24(30)31/h7-11,13,15,17H,2-6,12H2,1H3,(H,30,31). The van der Waals surface area contributed by atoms with Gasteiger partial charge in [0.2, 0.25) is 0 Å². The van der Waals surface area contributed by atoms with Crippen molar-refractivity contribution >= 4 is 16.9 Å². The number of carboxylic acids is 1. The molecule has 168 valence electrons. The summed E-state index contributed by atoms with van der Waals surface area (Å²) in [5, 5.41) is 9.47. The summed E-state index contributed by atoms with van der Waals surface area (Å²) in [5.41, 5.74) is 1.06. The number of aryl methyl sites for hydroxylation is 1. The molecule has 1 fully saturated rings. The number of hydrogen-bond acceptors (Lipinski definition) is 4. The second-order valence-corrected chi connectivity index (χ2v) is 8.17. The quantitative estimate of drug-likeness (QED) is 0.615. The zero-order valence-corrected chi connectivity index (χ0v) is 17.7. The van der Waals surface area contributed by atoms with Crippen LogP contribution in [0.5, 0.6) is 5.75 Å². The van der Waals surface area contributed by atoms with Crippen LogP contribution < -0.4 is 10.3 Å². The molecule has 0 bridgehead atoms. The average molecular weight is 442 g/mol. The number of hydrogen-bond donors (Lipinski definition) is 1. The number of benzene rings is 2. The van der Waals surface area contributed by atoms with Gasteiger partial charge in [-0.1, -0.05) is 6.92 Å². The normalized spacial score (nSPS) is 18.6. The van der Waals surface area contributed by atoms with E-state index in [1.54, 1.807) is 22.8 Å². The molecule has 2 aromatic carbocycles. The first-order valence-corrected chi connectivity index (χ1v) is 10.7. The van der Waals surface area contributed by atoms with E-state index in [2.05, 4.69) is 4.98 Å².